The lowest BCUT2D eigenvalue weighted by Crippen LogP contribution is -2.29. The van der Waals surface area contributed by atoms with Crippen molar-refractivity contribution in [2.75, 3.05) is 4.90 Å². The van der Waals surface area contributed by atoms with Crippen LogP contribution in [-0.4, -0.2) is 26.8 Å². The number of nitrogens with zero attached hydrogens (tertiary/aromatic N) is 3. The topological polar surface area (TPSA) is 154 Å². The summed E-state index contributed by atoms with van der Waals surface area (Å²) in [5.41, 5.74) is 1.60. The molecule has 0 spiro atoms. The van der Waals surface area contributed by atoms with Crippen molar-refractivity contribution in [2.24, 2.45) is 0 Å². The zero-order chi connectivity index (χ0) is 30.0. The summed E-state index contributed by atoms with van der Waals surface area (Å²) in [6.45, 7) is 2.09. The van der Waals surface area contributed by atoms with Crippen LogP contribution in [0.4, 0.5) is 11.4 Å². The summed E-state index contributed by atoms with van der Waals surface area (Å²) in [6, 6.07) is 24.4. The molecule has 10 nitrogen and oxygen atoms in total. The highest BCUT2D eigenvalue weighted by atomic mass is 16.6. The number of hydrogen-bond donors (Lipinski definition) is 2. The zero-order valence-corrected chi connectivity index (χ0v) is 22.2. The lowest BCUT2D eigenvalue weighted by Gasteiger charge is -2.25. The van der Waals surface area contributed by atoms with Crippen LogP contribution < -0.4 is 9.64 Å². The Balaban J connectivity index is 1.61. The smallest absolute Gasteiger partial charge is 0.311 e. The highest BCUT2D eigenvalue weighted by Gasteiger charge is 2.47. The van der Waals surface area contributed by atoms with Gasteiger partial charge in [0.25, 0.3) is 11.7 Å². The van der Waals surface area contributed by atoms with Crippen LogP contribution >= 0.6 is 0 Å². The average Bonchev–Trinajstić information content (AvgIpc) is 3.26. The highest BCUT2D eigenvalue weighted by molar-refractivity contribution is 6.51. The first-order valence-corrected chi connectivity index (χ1v) is 12.8. The van der Waals surface area contributed by atoms with E-state index in [0.29, 0.717) is 23.5 Å². The first-order chi connectivity index (χ1) is 20.2. The molecular weight excluding hydrogens is 538 g/mol. The summed E-state index contributed by atoms with van der Waals surface area (Å²) < 4.78 is 5.91. The number of nitriles is 1. The number of carbonyl (C=O) groups excluding carboxylic acids is 2. The Hall–Kier alpha value is -5.95. The maximum atomic E-state index is 13.4. The van der Waals surface area contributed by atoms with Gasteiger partial charge < -0.3 is 14.9 Å². The number of aliphatic hydroxyl groups excluding tert-OH is 1. The molecule has 0 aliphatic carbocycles. The van der Waals surface area contributed by atoms with Crippen molar-refractivity contribution in [2.45, 2.75) is 19.6 Å². The van der Waals surface area contributed by atoms with Crippen LogP contribution in [0, 0.1) is 28.4 Å². The van der Waals surface area contributed by atoms with Gasteiger partial charge in [-0.05, 0) is 72.1 Å². The van der Waals surface area contributed by atoms with Crippen LogP contribution in [0.5, 0.6) is 11.5 Å². The molecule has 42 heavy (non-hydrogen) atoms. The van der Waals surface area contributed by atoms with Gasteiger partial charge in [0, 0.05) is 17.3 Å². The zero-order valence-electron chi connectivity index (χ0n) is 22.2. The van der Waals surface area contributed by atoms with E-state index in [2.05, 4.69) is 0 Å². The number of nitro benzene ring substituents is 1. The van der Waals surface area contributed by atoms with E-state index in [1.54, 1.807) is 25.1 Å². The van der Waals surface area contributed by atoms with E-state index < -0.39 is 39.9 Å². The van der Waals surface area contributed by atoms with Gasteiger partial charge >= 0.3 is 5.69 Å². The molecule has 0 radical (unpaired) electrons. The van der Waals surface area contributed by atoms with Gasteiger partial charge in [-0.1, -0.05) is 36.4 Å². The van der Waals surface area contributed by atoms with Gasteiger partial charge in [0.1, 0.15) is 18.1 Å². The van der Waals surface area contributed by atoms with Gasteiger partial charge in [-0.25, -0.2) is 0 Å². The number of aliphatic hydroxyl groups is 1. The van der Waals surface area contributed by atoms with Crippen LogP contribution in [0.15, 0.2) is 96.6 Å². The quantitative estimate of drug-likeness (QED) is 0.0960. The standard InChI is InChI=1S/C32H23N3O7/c1-19-15-23(10-14-27(19)42-18-21-5-3-2-4-6-21)30(37)28-29(22-9-13-26(36)25(16-22)35(40)41)34(32(39)31(28)38)24-11-7-20(17-33)8-12-24/h2-16,29,36-37H,18H2,1H3/b30-28-. The van der Waals surface area contributed by atoms with Crippen molar-refractivity contribution >= 4 is 28.8 Å². The second-order valence-corrected chi connectivity index (χ2v) is 9.59. The molecule has 0 bridgehead atoms. The Morgan fingerprint density at radius 1 is 1.02 bits per heavy atom. The van der Waals surface area contributed by atoms with Crippen molar-refractivity contribution in [1.82, 2.24) is 0 Å². The van der Waals surface area contributed by atoms with Crippen molar-refractivity contribution in [3.8, 4) is 17.6 Å². The monoisotopic (exact) mass is 561 g/mol. The largest absolute Gasteiger partial charge is 0.507 e. The van der Waals surface area contributed by atoms with Crippen molar-refractivity contribution in [3.05, 3.63) is 135 Å². The summed E-state index contributed by atoms with van der Waals surface area (Å²) in [5, 5.41) is 42.2. The number of nitro groups is 1. The Kier molecular flexibility index (Phi) is 7.41. The number of aromatic hydroxyl groups is 1. The van der Waals surface area contributed by atoms with Crippen LogP contribution in [0.1, 0.15) is 33.9 Å². The molecule has 4 aromatic carbocycles. The molecule has 1 aliphatic rings. The van der Waals surface area contributed by atoms with E-state index in [0.717, 1.165) is 22.6 Å². The van der Waals surface area contributed by atoms with E-state index >= 15 is 0 Å². The summed E-state index contributed by atoms with van der Waals surface area (Å²) in [6.07, 6.45) is 0. The molecule has 5 rings (SSSR count). The predicted molar refractivity (Wildman–Crippen MR) is 153 cm³/mol. The second kappa shape index (κ2) is 11.3. The molecule has 10 heteroatoms. The van der Waals surface area contributed by atoms with E-state index in [4.69, 9.17) is 4.74 Å². The fraction of sp³-hybridized carbons (Fsp3) is 0.0938. The van der Waals surface area contributed by atoms with Crippen LogP contribution in [0.25, 0.3) is 5.76 Å². The SMILES string of the molecule is Cc1cc(/C(O)=C2/C(=O)C(=O)N(c3ccc(C#N)cc3)C2c2ccc(O)c([N+](=O)[O-])c2)ccc1OCc1ccccc1. The minimum absolute atomic E-state index is 0.115. The Labute approximate surface area is 240 Å². The number of ketones is 1. The maximum Gasteiger partial charge on any atom is 0.311 e. The maximum absolute atomic E-state index is 13.4. The molecule has 4 aromatic rings. The molecule has 0 saturated carbocycles. The van der Waals surface area contributed by atoms with E-state index in [1.165, 1.54) is 30.3 Å². The molecule has 1 aliphatic heterocycles. The number of amides is 1. The van der Waals surface area contributed by atoms with Crippen LogP contribution in [0.3, 0.4) is 0 Å². The summed E-state index contributed by atoms with van der Waals surface area (Å²) in [4.78, 5) is 38.7. The van der Waals surface area contributed by atoms with E-state index in [1.807, 2.05) is 36.4 Å². The third-order valence-electron chi connectivity index (χ3n) is 6.92. The van der Waals surface area contributed by atoms with Gasteiger partial charge in [-0.15, -0.1) is 0 Å². The molecule has 1 atom stereocenters. The summed E-state index contributed by atoms with van der Waals surface area (Å²) in [7, 11) is 0. The fourth-order valence-corrected chi connectivity index (χ4v) is 4.82. The normalized spacial score (nSPS) is 15.8. The molecule has 0 aromatic heterocycles. The van der Waals surface area contributed by atoms with Crippen LogP contribution in [0.2, 0.25) is 0 Å². The van der Waals surface area contributed by atoms with Gasteiger partial charge in [-0.3, -0.25) is 24.6 Å². The number of carbonyl (C=O) groups is 2. The third kappa shape index (κ3) is 5.14. The number of benzene rings is 4. The van der Waals surface area contributed by atoms with Gasteiger partial charge in [0.2, 0.25) is 0 Å². The minimum Gasteiger partial charge on any atom is -0.507 e. The molecule has 1 saturated heterocycles. The van der Waals surface area contributed by atoms with Gasteiger partial charge in [0.05, 0.1) is 28.2 Å². The van der Waals surface area contributed by atoms with Crippen LogP contribution in [-0.2, 0) is 16.2 Å². The lowest BCUT2D eigenvalue weighted by atomic mass is 9.94. The number of anilines is 1. The number of aryl methyl sites for hydroxylation is 1. The Morgan fingerprint density at radius 2 is 1.74 bits per heavy atom. The third-order valence-corrected chi connectivity index (χ3v) is 6.92. The molecule has 1 amide bonds. The Morgan fingerprint density at radius 3 is 2.38 bits per heavy atom. The van der Waals surface area contributed by atoms with E-state index in [-0.39, 0.29) is 22.4 Å². The molecule has 1 fully saturated rings. The first kappa shape index (κ1) is 27.6. The first-order valence-electron chi connectivity index (χ1n) is 12.8. The summed E-state index contributed by atoms with van der Waals surface area (Å²) in [5.74, 6) is -2.50. The number of phenolic OH excluding ortho intramolecular Hbond substituents is 1. The van der Waals surface area contributed by atoms with Gasteiger partial charge in [0.15, 0.2) is 5.75 Å². The molecule has 1 heterocycles. The van der Waals surface area contributed by atoms with Crippen molar-refractivity contribution < 1.29 is 29.5 Å². The Bertz CT molecular complexity index is 1790. The molecular formula is C32H23N3O7. The number of rotatable bonds is 7. The number of ether oxygens (including phenoxy) is 1. The lowest BCUT2D eigenvalue weighted by molar-refractivity contribution is -0.385. The number of hydrogen-bond acceptors (Lipinski definition) is 8. The second-order valence-electron chi connectivity index (χ2n) is 9.59. The number of phenols is 1. The number of Topliss-reactive ketones (excluding diaryl/α,β-unsaturated/α-hetero) is 1. The van der Waals surface area contributed by atoms with E-state index in [9.17, 15) is 35.2 Å². The minimum atomic E-state index is -1.27. The van der Waals surface area contributed by atoms with Crippen molar-refractivity contribution in [1.29, 1.82) is 5.26 Å². The van der Waals surface area contributed by atoms with Crippen molar-refractivity contribution in [3.63, 3.8) is 0 Å². The molecule has 208 valence electrons. The average molecular weight is 562 g/mol. The summed E-state index contributed by atoms with van der Waals surface area (Å²) >= 11 is 0. The molecule has 1 unspecified atom stereocenters. The predicted octanol–water partition coefficient (Wildman–Crippen LogP) is 5.69. The highest BCUT2D eigenvalue weighted by Crippen LogP contribution is 2.44. The molecule has 2 N–H and O–H groups in total. The fourth-order valence-electron chi connectivity index (χ4n) is 4.82. The van der Waals surface area contributed by atoms with Gasteiger partial charge in [-0.2, -0.15) is 5.26 Å².